The van der Waals surface area contributed by atoms with Gasteiger partial charge < -0.3 is 15.4 Å². The fraction of sp³-hybridized carbons (Fsp3) is 0.158. The van der Waals surface area contributed by atoms with Gasteiger partial charge in [0.15, 0.2) is 0 Å². The van der Waals surface area contributed by atoms with E-state index < -0.39 is 0 Å². The number of hydrogen-bond donors (Lipinski definition) is 2. The summed E-state index contributed by atoms with van der Waals surface area (Å²) < 4.78 is 18.3. The molecule has 0 radical (unpaired) electrons. The van der Waals surface area contributed by atoms with Crippen LogP contribution in [0.1, 0.15) is 11.1 Å². The van der Waals surface area contributed by atoms with Crippen LogP contribution in [0.5, 0.6) is 5.75 Å². The van der Waals surface area contributed by atoms with E-state index in [1.54, 1.807) is 37.6 Å². The van der Waals surface area contributed by atoms with Crippen LogP contribution in [-0.2, 0) is 6.54 Å². The standard InChI is InChI=1S/C19H18ClFN4O/c1-12-9-16(17(26-2)10-15(12)20)24-18-7-8-22-19(25-18)23-11-13-3-5-14(21)6-4-13/h3-10H,11H2,1-2H3,(H2,22,23,24,25). The fourth-order valence-corrected chi connectivity index (χ4v) is 2.52. The summed E-state index contributed by atoms with van der Waals surface area (Å²) in [5.41, 5.74) is 2.62. The number of aryl methyl sites for hydroxylation is 1. The Morgan fingerprint density at radius 2 is 1.92 bits per heavy atom. The van der Waals surface area contributed by atoms with Gasteiger partial charge in [-0.15, -0.1) is 0 Å². The van der Waals surface area contributed by atoms with Gasteiger partial charge in [-0.25, -0.2) is 9.37 Å². The first-order valence-corrected chi connectivity index (χ1v) is 8.35. The van der Waals surface area contributed by atoms with Gasteiger partial charge in [0.25, 0.3) is 0 Å². The second-order valence-electron chi connectivity index (χ2n) is 5.67. The van der Waals surface area contributed by atoms with Crippen molar-refractivity contribution in [2.75, 3.05) is 17.7 Å². The molecule has 7 heteroatoms. The molecule has 0 aliphatic rings. The Kier molecular flexibility index (Phi) is 5.53. The number of anilines is 3. The number of hydrogen-bond acceptors (Lipinski definition) is 5. The molecule has 1 heterocycles. The Bertz CT molecular complexity index is 903. The molecule has 2 N–H and O–H groups in total. The molecule has 2 aromatic carbocycles. The summed E-state index contributed by atoms with van der Waals surface area (Å²) in [6.07, 6.45) is 1.65. The van der Waals surface area contributed by atoms with Crippen molar-refractivity contribution in [2.24, 2.45) is 0 Å². The van der Waals surface area contributed by atoms with Gasteiger partial charge in [0.2, 0.25) is 5.95 Å². The molecule has 5 nitrogen and oxygen atoms in total. The maximum atomic E-state index is 13.0. The number of nitrogens with one attached hydrogen (secondary N) is 2. The van der Waals surface area contributed by atoms with Crippen LogP contribution in [0, 0.1) is 12.7 Å². The third kappa shape index (κ3) is 4.40. The number of halogens is 2. The summed E-state index contributed by atoms with van der Waals surface area (Å²) in [6, 6.07) is 11.7. The quantitative estimate of drug-likeness (QED) is 0.641. The highest BCUT2D eigenvalue weighted by Gasteiger charge is 2.08. The summed E-state index contributed by atoms with van der Waals surface area (Å²) in [7, 11) is 1.59. The molecule has 26 heavy (non-hydrogen) atoms. The highest BCUT2D eigenvalue weighted by atomic mass is 35.5. The average molecular weight is 373 g/mol. The minimum absolute atomic E-state index is 0.261. The number of nitrogens with zero attached hydrogens (tertiary/aromatic N) is 2. The Labute approximate surface area is 156 Å². The van der Waals surface area contributed by atoms with E-state index in [2.05, 4.69) is 20.6 Å². The van der Waals surface area contributed by atoms with Gasteiger partial charge in [-0.05, 0) is 42.3 Å². The van der Waals surface area contributed by atoms with Crippen molar-refractivity contribution in [1.29, 1.82) is 0 Å². The molecule has 1 aromatic heterocycles. The molecule has 3 aromatic rings. The van der Waals surface area contributed by atoms with Gasteiger partial charge in [0, 0.05) is 23.8 Å². The second-order valence-corrected chi connectivity index (χ2v) is 6.08. The lowest BCUT2D eigenvalue weighted by atomic mass is 10.2. The normalized spacial score (nSPS) is 10.5. The van der Waals surface area contributed by atoms with Crippen LogP contribution in [0.4, 0.5) is 21.8 Å². The summed E-state index contributed by atoms with van der Waals surface area (Å²) in [6.45, 7) is 2.41. The largest absolute Gasteiger partial charge is 0.495 e. The summed E-state index contributed by atoms with van der Waals surface area (Å²) in [4.78, 5) is 8.63. The number of benzene rings is 2. The third-order valence-corrected chi connectivity index (χ3v) is 4.17. The first-order chi connectivity index (χ1) is 12.5. The van der Waals surface area contributed by atoms with E-state index in [0.29, 0.717) is 29.1 Å². The highest BCUT2D eigenvalue weighted by molar-refractivity contribution is 6.31. The lowest BCUT2D eigenvalue weighted by Crippen LogP contribution is -2.05. The van der Waals surface area contributed by atoms with E-state index >= 15 is 0 Å². The molecule has 3 rings (SSSR count). The molecule has 0 bridgehead atoms. The Morgan fingerprint density at radius 3 is 2.65 bits per heavy atom. The molecule has 0 aliphatic heterocycles. The highest BCUT2D eigenvalue weighted by Crippen LogP contribution is 2.32. The van der Waals surface area contributed by atoms with Crippen molar-refractivity contribution in [2.45, 2.75) is 13.5 Å². The molecular formula is C19H18ClFN4O. The molecule has 0 saturated carbocycles. The molecule has 0 unspecified atom stereocenters. The molecule has 0 saturated heterocycles. The van der Waals surface area contributed by atoms with Gasteiger partial charge in [0.05, 0.1) is 12.8 Å². The molecular weight excluding hydrogens is 355 g/mol. The molecule has 0 spiro atoms. The smallest absolute Gasteiger partial charge is 0.224 e. The van der Waals surface area contributed by atoms with Crippen molar-refractivity contribution >= 4 is 29.1 Å². The van der Waals surface area contributed by atoms with E-state index in [-0.39, 0.29) is 5.82 Å². The van der Waals surface area contributed by atoms with Crippen molar-refractivity contribution in [1.82, 2.24) is 9.97 Å². The van der Waals surface area contributed by atoms with Crippen molar-refractivity contribution in [3.63, 3.8) is 0 Å². The lowest BCUT2D eigenvalue weighted by Gasteiger charge is -2.13. The van der Waals surface area contributed by atoms with E-state index in [1.807, 2.05) is 13.0 Å². The molecule has 0 amide bonds. The topological polar surface area (TPSA) is 59.1 Å². The van der Waals surface area contributed by atoms with Crippen molar-refractivity contribution in [3.05, 3.63) is 70.6 Å². The SMILES string of the molecule is COc1cc(Cl)c(C)cc1Nc1ccnc(NCc2ccc(F)cc2)n1. The Hall–Kier alpha value is -2.86. The zero-order valence-corrected chi connectivity index (χ0v) is 15.1. The van der Waals surface area contributed by atoms with Crippen molar-refractivity contribution in [3.8, 4) is 5.75 Å². The minimum Gasteiger partial charge on any atom is -0.495 e. The maximum Gasteiger partial charge on any atom is 0.224 e. The monoisotopic (exact) mass is 372 g/mol. The zero-order valence-electron chi connectivity index (χ0n) is 14.4. The van der Waals surface area contributed by atoms with Gasteiger partial charge in [-0.2, -0.15) is 4.98 Å². The van der Waals surface area contributed by atoms with Crippen molar-refractivity contribution < 1.29 is 9.13 Å². The van der Waals surface area contributed by atoms with Crippen LogP contribution < -0.4 is 15.4 Å². The predicted molar refractivity (Wildman–Crippen MR) is 102 cm³/mol. The van der Waals surface area contributed by atoms with Crippen LogP contribution in [-0.4, -0.2) is 17.1 Å². The third-order valence-electron chi connectivity index (χ3n) is 3.76. The first-order valence-electron chi connectivity index (χ1n) is 7.97. The van der Waals surface area contributed by atoms with E-state index in [4.69, 9.17) is 16.3 Å². The molecule has 0 atom stereocenters. The van der Waals surface area contributed by atoms with Gasteiger partial charge in [0.1, 0.15) is 17.4 Å². The number of ether oxygens (including phenoxy) is 1. The minimum atomic E-state index is -0.261. The Morgan fingerprint density at radius 1 is 1.15 bits per heavy atom. The summed E-state index contributed by atoms with van der Waals surface area (Å²) in [5.74, 6) is 1.44. The first kappa shape index (κ1) is 17.9. The zero-order chi connectivity index (χ0) is 18.5. The average Bonchev–Trinajstić information content (AvgIpc) is 2.64. The van der Waals surface area contributed by atoms with Gasteiger partial charge >= 0.3 is 0 Å². The van der Waals surface area contributed by atoms with Gasteiger partial charge in [-0.1, -0.05) is 23.7 Å². The molecule has 134 valence electrons. The maximum absolute atomic E-state index is 13.0. The van der Waals surface area contributed by atoms with E-state index in [0.717, 1.165) is 16.8 Å². The van der Waals surface area contributed by atoms with E-state index in [9.17, 15) is 4.39 Å². The van der Waals surface area contributed by atoms with Gasteiger partial charge in [-0.3, -0.25) is 0 Å². The molecule has 0 fully saturated rings. The lowest BCUT2D eigenvalue weighted by molar-refractivity contribution is 0.416. The van der Waals surface area contributed by atoms with Crippen LogP contribution in [0.2, 0.25) is 5.02 Å². The number of aromatic nitrogens is 2. The van der Waals surface area contributed by atoms with Crippen LogP contribution in [0.3, 0.4) is 0 Å². The molecule has 0 aliphatic carbocycles. The Balaban J connectivity index is 1.73. The fourth-order valence-electron chi connectivity index (χ4n) is 2.36. The predicted octanol–water partition coefficient (Wildman–Crippen LogP) is 4.94. The van der Waals surface area contributed by atoms with Crippen LogP contribution in [0.15, 0.2) is 48.7 Å². The van der Waals surface area contributed by atoms with Crippen LogP contribution in [0.25, 0.3) is 0 Å². The van der Waals surface area contributed by atoms with Crippen LogP contribution >= 0.6 is 11.6 Å². The number of methoxy groups -OCH3 is 1. The summed E-state index contributed by atoms with van der Waals surface area (Å²) in [5, 5.41) is 6.97. The second kappa shape index (κ2) is 8.01. The number of rotatable bonds is 6. The summed E-state index contributed by atoms with van der Waals surface area (Å²) >= 11 is 6.14. The van der Waals surface area contributed by atoms with E-state index in [1.165, 1.54) is 12.1 Å².